The van der Waals surface area contributed by atoms with Crippen LogP contribution < -0.4 is 15.5 Å². The van der Waals surface area contributed by atoms with Crippen molar-refractivity contribution in [3.05, 3.63) is 30.1 Å². The van der Waals surface area contributed by atoms with Crippen LogP contribution in [-0.2, 0) is 9.59 Å². The largest absolute Gasteiger partial charge is 0.367 e. The summed E-state index contributed by atoms with van der Waals surface area (Å²) in [6.45, 7) is 5.65. The van der Waals surface area contributed by atoms with E-state index in [4.69, 9.17) is 12.2 Å². The van der Waals surface area contributed by atoms with E-state index < -0.39 is 0 Å². The van der Waals surface area contributed by atoms with Crippen molar-refractivity contribution in [2.24, 2.45) is 5.92 Å². The number of benzene rings is 1. The third kappa shape index (κ3) is 7.86. The first kappa shape index (κ1) is 28.2. The van der Waals surface area contributed by atoms with Gasteiger partial charge < -0.3 is 15.5 Å². The van der Waals surface area contributed by atoms with Crippen LogP contribution in [0.4, 0.5) is 10.1 Å². The number of carbonyl (C=O) groups excluding carboxylic acids is 2. The second kappa shape index (κ2) is 13.8. The van der Waals surface area contributed by atoms with E-state index >= 15 is 0 Å². The number of nitrogens with one attached hydrogen (secondary N) is 2. The molecular weight excluding hydrogens is 557 g/mol. The summed E-state index contributed by atoms with van der Waals surface area (Å²) in [5.41, 5.74) is 0.682. The van der Waals surface area contributed by atoms with Gasteiger partial charge in [0.05, 0.1) is 11.6 Å². The normalized spacial score (nSPS) is 24.5. The molecule has 3 unspecified atom stereocenters. The highest BCUT2D eigenvalue weighted by molar-refractivity contribution is 9.09. The first-order valence-electron chi connectivity index (χ1n) is 13.7. The molecule has 204 valence electrons. The van der Waals surface area contributed by atoms with Crippen molar-refractivity contribution < 1.29 is 14.0 Å². The summed E-state index contributed by atoms with van der Waals surface area (Å²) in [6, 6.07) is 7.12. The number of carbonyl (C=O) groups is 2. The molecule has 37 heavy (non-hydrogen) atoms. The molecule has 10 heteroatoms. The Morgan fingerprint density at radius 1 is 1.08 bits per heavy atom. The zero-order valence-electron chi connectivity index (χ0n) is 21.5. The zero-order valence-corrected chi connectivity index (χ0v) is 23.9. The van der Waals surface area contributed by atoms with Gasteiger partial charge in [-0.05, 0) is 69.4 Å². The molecule has 2 amide bonds. The molecule has 0 bridgehead atoms. The number of alkyl halides is 1. The number of para-hydroxylation sites is 1. The van der Waals surface area contributed by atoms with Crippen LogP contribution >= 0.6 is 28.1 Å². The Labute approximate surface area is 233 Å². The molecule has 3 aliphatic rings. The quantitative estimate of drug-likeness (QED) is 0.231. The predicted molar refractivity (Wildman–Crippen MR) is 152 cm³/mol. The molecule has 0 radical (unpaired) electrons. The number of halogens is 2. The molecule has 0 spiro atoms. The summed E-state index contributed by atoms with van der Waals surface area (Å²) < 4.78 is 14.0. The van der Waals surface area contributed by atoms with Crippen molar-refractivity contribution in [1.82, 2.24) is 20.4 Å². The minimum absolute atomic E-state index is 0.00587. The van der Waals surface area contributed by atoms with Crippen LogP contribution in [0.25, 0.3) is 0 Å². The first-order valence-corrected chi connectivity index (χ1v) is 15.0. The number of amides is 2. The molecule has 3 atom stereocenters. The lowest BCUT2D eigenvalue weighted by atomic mass is 9.82. The van der Waals surface area contributed by atoms with Crippen LogP contribution in [0.2, 0.25) is 0 Å². The van der Waals surface area contributed by atoms with Crippen LogP contribution in [0.5, 0.6) is 0 Å². The van der Waals surface area contributed by atoms with Crippen molar-refractivity contribution in [3.63, 3.8) is 0 Å². The molecular formula is C27H39BrFN5O2S. The maximum Gasteiger partial charge on any atom is 0.233 e. The minimum atomic E-state index is -0.162. The molecule has 2 heterocycles. The van der Waals surface area contributed by atoms with E-state index in [1.54, 1.807) is 11.0 Å². The van der Waals surface area contributed by atoms with Gasteiger partial charge in [-0.1, -0.05) is 34.5 Å². The summed E-state index contributed by atoms with van der Waals surface area (Å²) in [5.74, 6) is 0.0873. The molecule has 2 N–H and O–H groups in total. The monoisotopic (exact) mass is 595 g/mol. The first-order chi connectivity index (χ1) is 17.9. The van der Waals surface area contributed by atoms with Crippen LogP contribution in [0.3, 0.4) is 0 Å². The number of rotatable bonds is 11. The van der Waals surface area contributed by atoms with Crippen molar-refractivity contribution in [1.29, 1.82) is 0 Å². The maximum atomic E-state index is 14.0. The van der Waals surface area contributed by atoms with Gasteiger partial charge in [0.2, 0.25) is 11.8 Å². The van der Waals surface area contributed by atoms with E-state index in [-0.39, 0.29) is 29.6 Å². The molecule has 1 saturated carbocycles. The number of unbranched alkanes of at least 4 members (excludes halogenated alkanes) is 2. The zero-order chi connectivity index (χ0) is 26.2. The highest BCUT2D eigenvalue weighted by atomic mass is 79.9. The third-order valence-electron chi connectivity index (χ3n) is 7.75. The van der Waals surface area contributed by atoms with Crippen LogP contribution in [0.1, 0.15) is 51.4 Å². The van der Waals surface area contributed by atoms with E-state index in [9.17, 15) is 14.0 Å². The van der Waals surface area contributed by atoms with Gasteiger partial charge in [-0.15, -0.1) is 0 Å². The number of hydrogen-bond donors (Lipinski definition) is 2. The second-order valence-corrected chi connectivity index (χ2v) is 12.0. The second-order valence-electron chi connectivity index (χ2n) is 10.4. The number of thiocarbonyl (C=S) groups is 1. The number of anilines is 1. The molecule has 7 nitrogen and oxygen atoms in total. The van der Waals surface area contributed by atoms with Crippen molar-refractivity contribution in [3.8, 4) is 0 Å². The van der Waals surface area contributed by atoms with E-state index in [1.807, 2.05) is 12.1 Å². The van der Waals surface area contributed by atoms with Gasteiger partial charge in [0, 0.05) is 56.6 Å². The smallest absolute Gasteiger partial charge is 0.233 e. The molecule has 1 aliphatic carbocycles. The fraction of sp³-hybridized carbons (Fsp3) is 0.667. The lowest BCUT2D eigenvalue weighted by Crippen LogP contribution is -2.61. The van der Waals surface area contributed by atoms with Gasteiger partial charge in [-0.2, -0.15) is 0 Å². The maximum absolute atomic E-state index is 14.0. The summed E-state index contributed by atoms with van der Waals surface area (Å²) in [4.78, 5) is 31.8. The fourth-order valence-corrected chi connectivity index (χ4v) is 6.58. The van der Waals surface area contributed by atoms with Crippen molar-refractivity contribution >= 4 is 50.8 Å². The Kier molecular flexibility index (Phi) is 10.6. The van der Waals surface area contributed by atoms with Gasteiger partial charge in [-0.3, -0.25) is 19.4 Å². The number of nitrogens with zero attached hydrogens (tertiary/aromatic N) is 3. The molecule has 0 aromatic heterocycles. The highest BCUT2D eigenvalue weighted by Crippen LogP contribution is 2.33. The average Bonchev–Trinajstić information content (AvgIpc) is 2.89. The molecule has 3 fully saturated rings. The van der Waals surface area contributed by atoms with Gasteiger partial charge in [0.15, 0.2) is 5.11 Å². The highest BCUT2D eigenvalue weighted by Gasteiger charge is 2.42. The summed E-state index contributed by atoms with van der Waals surface area (Å²) in [5, 5.41) is 6.96. The summed E-state index contributed by atoms with van der Waals surface area (Å²) in [6.07, 6.45) is 6.86. The van der Waals surface area contributed by atoms with Crippen molar-refractivity contribution in [2.45, 2.75) is 62.2 Å². The molecule has 1 aromatic carbocycles. The lowest BCUT2D eigenvalue weighted by molar-refractivity contribution is -0.135. The van der Waals surface area contributed by atoms with Gasteiger partial charge in [0.25, 0.3) is 0 Å². The predicted octanol–water partition coefficient (Wildman–Crippen LogP) is 3.66. The van der Waals surface area contributed by atoms with E-state index in [0.717, 1.165) is 77.7 Å². The molecule has 2 aliphatic heterocycles. The van der Waals surface area contributed by atoms with E-state index in [0.29, 0.717) is 35.1 Å². The topological polar surface area (TPSA) is 67.9 Å². The molecule has 4 rings (SSSR count). The Morgan fingerprint density at radius 3 is 2.65 bits per heavy atom. The van der Waals surface area contributed by atoms with Crippen LogP contribution in [0.15, 0.2) is 24.3 Å². The number of piperazine rings is 1. The third-order valence-corrected chi connectivity index (χ3v) is 8.92. The average molecular weight is 597 g/mol. The van der Waals surface area contributed by atoms with Crippen LogP contribution in [0, 0.1) is 11.7 Å². The summed E-state index contributed by atoms with van der Waals surface area (Å²) in [7, 11) is 0. The molecule has 2 saturated heterocycles. The van der Waals surface area contributed by atoms with Crippen LogP contribution in [-0.4, -0.2) is 83.4 Å². The fourth-order valence-electron chi connectivity index (χ4n) is 5.59. The standard InChI is InChI=1S/C27H39BrFN5O2S/c28-20-10-11-23-21(19-20)26(36)34(27(37)31-23)14-5-1-2-9-25(35)30-12-6-13-32-15-17-33(18-16-32)24-8-4-3-7-22(24)29/h3-4,7-8,20-21,23H,1-2,5-6,9-19H2,(H,30,35)(H,31,37). The van der Waals surface area contributed by atoms with Gasteiger partial charge >= 0.3 is 0 Å². The molecule has 1 aromatic rings. The van der Waals surface area contributed by atoms with Crippen molar-refractivity contribution in [2.75, 3.05) is 50.7 Å². The SMILES string of the molecule is O=C(CCCCCN1C(=O)C2CC(Br)CCC2NC1=S)NCCCN1CCN(c2ccccc2F)CC1. The van der Waals surface area contributed by atoms with Gasteiger partial charge in [0.1, 0.15) is 5.82 Å². The Bertz CT molecular complexity index is 945. The lowest BCUT2D eigenvalue weighted by Gasteiger charge is -2.43. The van der Waals surface area contributed by atoms with Gasteiger partial charge in [-0.25, -0.2) is 4.39 Å². The number of fused-ring (bicyclic) bond motifs is 1. The Balaban J connectivity index is 1.03. The minimum Gasteiger partial charge on any atom is -0.367 e. The van der Waals surface area contributed by atoms with E-state index in [2.05, 4.69) is 36.4 Å². The number of hydrogen-bond acceptors (Lipinski definition) is 5. The Morgan fingerprint density at radius 2 is 1.86 bits per heavy atom. The summed E-state index contributed by atoms with van der Waals surface area (Å²) >= 11 is 9.13. The van der Waals surface area contributed by atoms with E-state index in [1.165, 1.54) is 6.07 Å². The Hall–Kier alpha value is -1.78.